The van der Waals surface area contributed by atoms with Crippen molar-refractivity contribution >= 4 is 0 Å². The van der Waals surface area contributed by atoms with Crippen LogP contribution in [0.3, 0.4) is 0 Å². The summed E-state index contributed by atoms with van der Waals surface area (Å²) >= 11 is 0. The molecule has 2 unspecified atom stereocenters. The smallest absolute Gasteiger partial charge is 0.0353 e. The van der Waals surface area contributed by atoms with Crippen molar-refractivity contribution in [3.8, 4) is 0 Å². The van der Waals surface area contributed by atoms with Crippen molar-refractivity contribution in [2.24, 2.45) is 11.8 Å². The highest BCUT2D eigenvalue weighted by atomic mass is 14.1. The van der Waals surface area contributed by atoms with E-state index in [9.17, 15) is 0 Å². The minimum absolute atomic E-state index is 0.588. The Labute approximate surface area is 65.3 Å². The molecule has 0 amide bonds. The lowest BCUT2D eigenvalue weighted by atomic mass is 9.93. The van der Waals surface area contributed by atoms with Crippen molar-refractivity contribution < 1.29 is 0 Å². The molecule has 0 aromatic rings. The summed E-state index contributed by atoms with van der Waals surface area (Å²) in [6, 6.07) is 0. The lowest BCUT2D eigenvalue weighted by Crippen LogP contribution is -2.03. The van der Waals surface area contributed by atoms with E-state index in [1.807, 2.05) is 6.08 Å². The van der Waals surface area contributed by atoms with Crippen LogP contribution in [0.25, 0.3) is 0 Å². The van der Waals surface area contributed by atoms with Gasteiger partial charge in [-0.3, -0.25) is 0 Å². The Bertz CT molecular complexity index is 82.0. The van der Waals surface area contributed by atoms with Crippen molar-refractivity contribution in [3.63, 3.8) is 0 Å². The van der Waals surface area contributed by atoms with E-state index in [1.54, 1.807) is 0 Å². The maximum atomic E-state index is 3.99. The summed E-state index contributed by atoms with van der Waals surface area (Å²) in [7, 11) is 0. The van der Waals surface area contributed by atoms with E-state index in [-0.39, 0.29) is 0 Å². The van der Waals surface area contributed by atoms with E-state index in [1.165, 1.54) is 12.8 Å². The molecule has 0 aliphatic carbocycles. The predicted octanol–water partition coefficient (Wildman–Crippen LogP) is 3.45. The zero-order valence-electron chi connectivity index (χ0n) is 7.27. The summed E-state index contributed by atoms with van der Waals surface area (Å²) in [5.41, 5.74) is 0. The molecular formula is C10H19. The first-order valence-electron chi connectivity index (χ1n) is 4.12. The first-order chi connectivity index (χ1) is 4.68. The molecule has 0 bridgehead atoms. The highest BCUT2D eigenvalue weighted by Crippen LogP contribution is 2.16. The molecule has 59 valence electrons. The molecule has 0 aliphatic rings. The minimum atomic E-state index is 0.588. The van der Waals surface area contributed by atoms with Gasteiger partial charge in [0.2, 0.25) is 0 Å². The predicted molar refractivity (Wildman–Crippen MR) is 47.7 cm³/mol. The molecule has 0 aliphatic heterocycles. The van der Waals surface area contributed by atoms with Crippen molar-refractivity contribution in [3.05, 3.63) is 19.6 Å². The van der Waals surface area contributed by atoms with Gasteiger partial charge in [-0.25, -0.2) is 0 Å². The summed E-state index contributed by atoms with van der Waals surface area (Å²) in [6.07, 6.45) is 5.69. The summed E-state index contributed by atoms with van der Waals surface area (Å²) in [6.45, 7) is 12.1. The van der Waals surface area contributed by atoms with E-state index in [0.29, 0.717) is 5.92 Å². The topological polar surface area (TPSA) is 0 Å². The number of rotatable bonds is 5. The Kier molecular flexibility index (Phi) is 5.38. The van der Waals surface area contributed by atoms with Crippen LogP contribution in [0.2, 0.25) is 0 Å². The molecule has 0 aromatic carbocycles. The van der Waals surface area contributed by atoms with Gasteiger partial charge in [-0.1, -0.05) is 33.3 Å². The van der Waals surface area contributed by atoms with Gasteiger partial charge in [-0.15, -0.1) is 6.58 Å². The monoisotopic (exact) mass is 139 g/mol. The fourth-order valence-electron chi connectivity index (χ4n) is 0.869. The molecule has 10 heavy (non-hydrogen) atoms. The van der Waals surface area contributed by atoms with E-state index in [4.69, 9.17) is 0 Å². The van der Waals surface area contributed by atoms with Gasteiger partial charge in [-0.2, -0.15) is 0 Å². The minimum Gasteiger partial charge on any atom is -0.103 e. The Morgan fingerprint density at radius 3 is 2.40 bits per heavy atom. The van der Waals surface area contributed by atoms with Gasteiger partial charge in [0.25, 0.3) is 0 Å². The van der Waals surface area contributed by atoms with Crippen molar-refractivity contribution in [1.29, 1.82) is 0 Å². The molecule has 1 radical (unpaired) electrons. The molecule has 0 fully saturated rings. The Hall–Kier alpha value is -0.260. The van der Waals surface area contributed by atoms with Gasteiger partial charge in [-0.05, 0) is 24.7 Å². The van der Waals surface area contributed by atoms with Gasteiger partial charge in [0.1, 0.15) is 0 Å². The van der Waals surface area contributed by atoms with E-state index >= 15 is 0 Å². The zero-order valence-corrected chi connectivity index (χ0v) is 7.27. The molecule has 0 N–H and O–H groups in total. The molecule has 0 aromatic heterocycles. The molecule has 0 nitrogen and oxygen atoms in total. The highest BCUT2D eigenvalue weighted by Gasteiger charge is 2.04. The quantitative estimate of drug-likeness (QED) is 0.404. The lowest BCUT2D eigenvalue weighted by Gasteiger charge is -2.13. The Balaban J connectivity index is 3.21. The molecule has 0 rings (SSSR count). The first kappa shape index (κ1) is 9.74. The standard InChI is InChI=1S/C10H19/c1-5-6-7-8-10(4)9(2)3/h5,9-10H,1-2,6-8H2,3-4H3. The fourth-order valence-corrected chi connectivity index (χ4v) is 0.869. The number of hydrogen-bond acceptors (Lipinski definition) is 0. The molecular weight excluding hydrogens is 120 g/mol. The maximum absolute atomic E-state index is 3.99. The zero-order chi connectivity index (χ0) is 7.98. The lowest BCUT2D eigenvalue weighted by molar-refractivity contribution is 0.415. The number of allylic oxidation sites excluding steroid dienone is 1. The van der Waals surface area contributed by atoms with Crippen molar-refractivity contribution in [2.75, 3.05) is 0 Å². The van der Waals surface area contributed by atoms with Crippen LogP contribution in [-0.2, 0) is 0 Å². The normalized spacial score (nSPS) is 13.6. The summed E-state index contributed by atoms with van der Waals surface area (Å²) in [5, 5.41) is 0. The third kappa shape index (κ3) is 4.60. The van der Waals surface area contributed by atoms with Crippen LogP contribution >= 0.6 is 0 Å². The third-order valence-corrected chi connectivity index (χ3v) is 2.04. The number of unbranched alkanes of at least 4 members (excludes halogenated alkanes) is 1. The first-order valence-corrected chi connectivity index (χ1v) is 4.12. The van der Waals surface area contributed by atoms with E-state index < -0.39 is 0 Å². The third-order valence-electron chi connectivity index (χ3n) is 2.04. The van der Waals surface area contributed by atoms with Crippen LogP contribution in [0.4, 0.5) is 0 Å². The SMILES string of the molecule is [CH2]C(C)C(C)CCCC=C. The fraction of sp³-hybridized carbons (Fsp3) is 0.700. The molecule has 0 heteroatoms. The molecule has 2 atom stereocenters. The second kappa shape index (κ2) is 5.52. The van der Waals surface area contributed by atoms with Crippen molar-refractivity contribution in [2.45, 2.75) is 33.1 Å². The highest BCUT2D eigenvalue weighted by molar-refractivity contribution is 4.69. The van der Waals surface area contributed by atoms with E-state index in [0.717, 1.165) is 12.3 Å². The second-order valence-corrected chi connectivity index (χ2v) is 3.17. The maximum Gasteiger partial charge on any atom is -0.0353 e. The van der Waals surface area contributed by atoms with Crippen LogP contribution in [0.15, 0.2) is 12.7 Å². The number of hydrogen-bond donors (Lipinski definition) is 0. The van der Waals surface area contributed by atoms with Crippen LogP contribution in [0.5, 0.6) is 0 Å². The van der Waals surface area contributed by atoms with E-state index in [2.05, 4.69) is 27.4 Å². The van der Waals surface area contributed by atoms with Gasteiger partial charge < -0.3 is 0 Å². The van der Waals surface area contributed by atoms with Gasteiger partial charge in [0.05, 0.1) is 0 Å². The van der Waals surface area contributed by atoms with Crippen LogP contribution in [-0.4, -0.2) is 0 Å². The van der Waals surface area contributed by atoms with Gasteiger partial charge in [0, 0.05) is 0 Å². The molecule has 0 spiro atoms. The van der Waals surface area contributed by atoms with Gasteiger partial charge >= 0.3 is 0 Å². The van der Waals surface area contributed by atoms with Crippen LogP contribution < -0.4 is 0 Å². The average Bonchev–Trinajstić information content (AvgIpc) is 1.88. The molecule has 0 saturated carbocycles. The molecule has 0 heterocycles. The van der Waals surface area contributed by atoms with Crippen LogP contribution in [0.1, 0.15) is 33.1 Å². The van der Waals surface area contributed by atoms with Crippen molar-refractivity contribution in [1.82, 2.24) is 0 Å². The van der Waals surface area contributed by atoms with Crippen LogP contribution in [0, 0.1) is 18.8 Å². The summed E-state index contributed by atoms with van der Waals surface area (Å²) < 4.78 is 0. The summed E-state index contributed by atoms with van der Waals surface area (Å²) in [5.74, 6) is 1.35. The Morgan fingerprint density at radius 1 is 1.40 bits per heavy atom. The summed E-state index contributed by atoms with van der Waals surface area (Å²) in [4.78, 5) is 0. The Morgan fingerprint density at radius 2 is 2.00 bits per heavy atom. The average molecular weight is 139 g/mol. The van der Waals surface area contributed by atoms with Gasteiger partial charge in [0.15, 0.2) is 0 Å². The molecule has 0 saturated heterocycles. The largest absolute Gasteiger partial charge is 0.103 e. The second-order valence-electron chi connectivity index (χ2n) is 3.17.